The van der Waals surface area contributed by atoms with Crippen LogP contribution in [0.5, 0.6) is 0 Å². The number of rotatable bonds is 8. The SMILES string of the molecule is CCOC(=O)/C=C/C[C@@H](NC(=O)[C@@H](O)c1ccccc1)C(N)=O. The van der Waals surface area contributed by atoms with Crippen LogP contribution < -0.4 is 11.1 Å². The minimum atomic E-state index is -1.41. The third kappa shape index (κ3) is 6.31. The molecular weight excluding hydrogens is 300 g/mol. The molecule has 0 radical (unpaired) electrons. The summed E-state index contributed by atoms with van der Waals surface area (Å²) in [5.41, 5.74) is 5.61. The topological polar surface area (TPSA) is 119 Å². The zero-order chi connectivity index (χ0) is 17.2. The highest BCUT2D eigenvalue weighted by Gasteiger charge is 2.22. The van der Waals surface area contributed by atoms with Crippen molar-refractivity contribution in [3.8, 4) is 0 Å². The molecule has 0 aromatic heterocycles. The average Bonchev–Trinajstić information content (AvgIpc) is 2.54. The summed E-state index contributed by atoms with van der Waals surface area (Å²) in [5.74, 6) is -2.07. The van der Waals surface area contributed by atoms with Crippen LogP contribution in [0.2, 0.25) is 0 Å². The Labute approximate surface area is 134 Å². The second kappa shape index (κ2) is 9.37. The van der Waals surface area contributed by atoms with E-state index in [1.54, 1.807) is 37.3 Å². The van der Waals surface area contributed by atoms with Crippen LogP contribution in [-0.4, -0.2) is 35.5 Å². The first-order chi connectivity index (χ1) is 11.0. The summed E-state index contributed by atoms with van der Waals surface area (Å²) in [6.07, 6.45) is 1.13. The second-order valence-corrected chi connectivity index (χ2v) is 4.67. The van der Waals surface area contributed by atoms with Gasteiger partial charge in [0.25, 0.3) is 5.91 Å². The van der Waals surface area contributed by atoms with Gasteiger partial charge < -0.3 is 20.9 Å². The van der Waals surface area contributed by atoms with Gasteiger partial charge in [-0.3, -0.25) is 9.59 Å². The summed E-state index contributed by atoms with van der Waals surface area (Å²) in [6, 6.07) is 7.25. The Bertz CT molecular complexity index is 571. The molecule has 2 amide bonds. The number of hydrogen-bond donors (Lipinski definition) is 3. The van der Waals surface area contributed by atoms with Crippen LogP contribution in [0.4, 0.5) is 0 Å². The number of nitrogens with one attached hydrogen (secondary N) is 1. The van der Waals surface area contributed by atoms with E-state index < -0.39 is 29.9 Å². The number of aliphatic hydroxyl groups excluding tert-OH is 1. The fourth-order valence-electron chi connectivity index (χ4n) is 1.77. The molecule has 1 rings (SSSR count). The summed E-state index contributed by atoms with van der Waals surface area (Å²) in [6.45, 7) is 1.91. The van der Waals surface area contributed by atoms with Crippen molar-refractivity contribution in [2.75, 3.05) is 6.61 Å². The van der Waals surface area contributed by atoms with E-state index in [1.165, 1.54) is 6.08 Å². The lowest BCUT2D eigenvalue weighted by Crippen LogP contribution is -2.45. The largest absolute Gasteiger partial charge is 0.463 e. The molecule has 0 saturated heterocycles. The van der Waals surface area contributed by atoms with Crippen LogP contribution in [0.15, 0.2) is 42.5 Å². The number of esters is 1. The third-order valence-electron chi connectivity index (χ3n) is 2.94. The molecule has 7 nitrogen and oxygen atoms in total. The summed E-state index contributed by atoms with van der Waals surface area (Å²) in [4.78, 5) is 34.5. The van der Waals surface area contributed by atoms with E-state index in [2.05, 4.69) is 5.32 Å². The summed E-state index contributed by atoms with van der Waals surface area (Å²) in [5, 5.41) is 12.3. The number of primary amides is 1. The lowest BCUT2D eigenvalue weighted by molar-refractivity contribution is -0.137. The van der Waals surface area contributed by atoms with E-state index in [9.17, 15) is 19.5 Å². The Morgan fingerprint density at radius 2 is 1.96 bits per heavy atom. The van der Waals surface area contributed by atoms with Crippen LogP contribution in [-0.2, 0) is 19.1 Å². The lowest BCUT2D eigenvalue weighted by Gasteiger charge is -2.17. The first-order valence-electron chi connectivity index (χ1n) is 7.11. The van der Waals surface area contributed by atoms with Crippen molar-refractivity contribution in [3.05, 3.63) is 48.0 Å². The highest BCUT2D eigenvalue weighted by atomic mass is 16.5. The summed E-state index contributed by atoms with van der Waals surface area (Å²) >= 11 is 0. The van der Waals surface area contributed by atoms with Gasteiger partial charge in [-0.1, -0.05) is 36.4 Å². The monoisotopic (exact) mass is 320 g/mol. The Hall–Kier alpha value is -2.67. The standard InChI is InChI=1S/C16H20N2O5/c1-2-23-13(19)10-6-9-12(15(17)21)18-16(22)14(20)11-7-4-3-5-8-11/h3-8,10,12,14,20H,2,9H2,1H3,(H2,17,21)(H,18,22)/b10-6+/t12-,14+/m1/s1. The predicted octanol–water partition coefficient (Wildman–Crippen LogP) is 0.199. The molecule has 0 spiro atoms. The van der Waals surface area contributed by atoms with Crippen LogP contribution in [0.25, 0.3) is 0 Å². The summed E-state index contributed by atoms with van der Waals surface area (Å²) < 4.78 is 4.69. The van der Waals surface area contributed by atoms with Crippen molar-refractivity contribution < 1.29 is 24.2 Å². The van der Waals surface area contributed by atoms with Gasteiger partial charge in [0, 0.05) is 6.08 Å². The normalized spacial score (nSPS) is 13.3. The van der Waals surface area contributed by atoms with Crippen LogP contribution >= 0.6 is 0 Å². The number of amides is 2. The maximum absolute atomic E-state index is 12.0. The fourth-order valence-corrected chi connectivity index (χ4v) is 1.77. The van der Waals surface area contributed by atoms with Gasteiger partial charge in [-0.2, -0.15) is 0 Å². The molecule has 7 heteroatoms. The van der Waals surface area contributed by atoms with Crippen molar-refractivity contribution in [2.24, 2.45) is 5.73 Å². The smallest absolute Gasteiger partial charge is 0.330 e. The highest BCUT2D eigenvalue weighted by molar-refractivity contribution is 5.89. The molecule has 0 unspecified atom stereocenters. The number of aliphatic hydroxyl groups is 1. The maximum atomic E-state index is 12.0. The van der Waals surface area contributed by atoms with Crippen LogP contribution in [0, 0.1) is 0 Å². The maximum Gasteiger partial charge on any atom is 0.330 e. The number of ether oxygens (including phenoxy) is 1. The quantitative estimate of drug-likeness (QED) is 0.467. The molecule has 0 fully saturated rings. The van der Waals surface area contributed by atoms with Gasteiger partial charge in [0.05, 0.1) is 6.61 Å². The van der Waals surface area contributed by atoms with Gasteiger partial charge >= 0.3 is 5.97 Å². The van der Waals surface area contributed by atoms with Crippen molar-refractivity contribution in [1.82, 2.24) is 5.32 Å². The molecule has 0 aliphatic heterocycles. The molecular formula is C16H20N2O5. The highest BCUT2D eigenvalue weighted by Crippen LogP contribution is 2.12. The minimum absolute atomic E-state index is 0.0153. The fraction of sp³-hybridized carbons (Fsp3) is 0.312. The van der Waals surface area contributed by atoms with Crippen molar-refractivity contribution >= 4 is 17.8 Å². The number of hydrogen-bond acceptors (Lipinski definition) is 5. The number of benzene rings is 1. The first-order valence-corrected chi connectivity index (χ1v) is 7.11. The van der Waals surface area contributed by atoms with E-state index in [4.69, 9.17) is 10.5 Å². The van der Waals surface area contributed by atoms with E-state index >= 15 is 0 Å². The molecule has 0 aliphatic rings. The molecule has 0 saturated carbocycles. The van der Waals surface area contributed by atoms with Gasteiger partial charge in [-0.25, -0.2) is 4.79 Å². The lowest BCUT2D eigenvalue weighted by atomic mass is 10.1. The second-order valence-electron chi connectivity index (χ2n) is 4.67. The zero-order valence-corrected chi connectivity index (χ0v) is 12.8. The zero-order valence-electron chi connectivity index (χ0n) is 12.8. The number of carbonyl (C=O) groups is 3. The molecule has 4 N–H and O–H groups in total. The molecule has 0 heterocycles. The molecule has 1 aromatic rings. The first kappa shape index (κ1) is 18.4. The average molecular weight is 320 g/mol. The van der Waals surface area contributed by atoms with Gasteiger partial charge in [0.15, 0.2) is 6.10 Å². The third-order valence-corrected chi connectivity index (χ3v) is 2.94. The molecule has 0 aliphatic carbocycles. The Balaban J connectivity index is 2.63. The molecule has 0 bridgehead atoms. The molecule has 124 valence electrons. The Kier molecular flexibility index (Phi) is 7.49. The van der Waals surface area contributed by atoms with Crippen LogP contribution in [0.3, 0.4) is 0 Å². The molecule has 2 atom stereocenters. The Morgan fingerprint density at radius 3 is 2.52 bits per heavy atom. The molecule has 1 aromatic carbocycles. The van der Waals surface area contributed by atoms with Gasteiger partial charge in [-0.15, -0.1) is 0 Å². The number of nitrogens with two attached hydrogens (primary N) is 1. The van der Waals surface area contributed by atoms with E-state index in [0.29, 0.717) is 5.56 Å². The number of carbonyl (C=O) groups excluding carboxylic acids is 3. The van der Waals surface area contributed by atoms with E-state index in [-0.39, 0.29) is 13.0 Å². The predicted molar refractivity (Wildman–Crippen MR) is 82.9 cm³/mol. The Morgan fingerprint density at radius 1 is 1.30 bits per heavy atom. The van der Waals surface area contributed by atoms with E-state index in [0.717, 1.165) is 6.08 Å². The summed E-state index contributed by atoms with van der Waals surface area (Å²) in [7, 11) is 0. The van der Waals surface area contributed by atoms with Gasteiger partial charge in [0.1, 0.15) is 6.04 Å². The van der Waals surface area contributed by atoms with Crippen molar-refractivity contribution in [1.29, 1.82) is 0 Å². The van der Waals surface area contributed by atoms with E-state index in [1.807, 2.05) is 0 Å². The molecule has 23 heavy (non-hydrogen) atoms. The van der Waals surface area contributed by atoms with Crippen molar-refractivity contribution in [3.63, 3.8) is 0 Å². The minimum Gasteiger partial charge on any atom is -0.463 e. The van der Waals surface area contributed by atoms with Gasteiger partial charge in [0.2, 0.25) is 5.91 Å². The van der Waals surface area contributed by atoms with Crippen molar-refractivity contribution in [2.45, 2.75) is 25.5 Å². The van der Waals surface area contributed by atoms with Crippen LogP contribution in [0.1, 0.15) is 25.0 Å². The van der Waals surface area contributed by atoms with Gasteiger partial charge in [-0.05, 0) is 18.9 Å².